The molecule has 0 saturated heterocycles. The summed E-state index contributed by atoms with van der Waals surface area (Å²) in [5.74, 6) is -1.16. The van der Waals surface area contributed by atoms with Crippen molar-refractivity contribution in [3.63, 3.8) is 0 Å². The Balaban J connectivity index is 2.17. The van der Waals surface area contributed by atoms with E-state index in [-0.39, 0.29) is 22.2 Å². The summed E-state index contributed by atoms with van der Waals surface area (Å²) in [7, 11) is 0. The van der Waals surface area contributed by atoms with Crippen molar-refractivity contribution in [2.24, 2.45) is 5.10 Å². The van der Waals surface area contributed by atoms with E-state index >= 15 is 0 Å². The van der Waals surface area contributed by atoms with Crippen LogP contribution in [0.15, 0.2) is 29.4 Å². The Morgan fingerprint density at radius 3 is 2.48 bits per heavy atom. The monoisotopic (exact) mass is 361 g/mol. The van der Waals surface area contributed by atoms with Gasteiger partial charge in [0, 0.05) is 24.3 Å². The first-order valence-corrected chi connectivity index (χ1v) is 7.04. The molecular weight excluding hydrogens is 347 g/mol. The molecule has 0 aromatic heterocycles. The molecule has 1 aliphatic rings. The molecule has 136 valence electrons. The maximum absolute atomic E-state index is 13.1. The number of carbonyl (C=O) groups is 1. The van der Waals surface area contributed by atoms with Crippen LogP contribution in [0.4, 0.5) is 18.9 Å². The van der Waals surface area contributed by atoms with Gasteiger partial charge in [-0.1, -0.05) is 0 Å². The maximum Gasteiger partial charge on any atom is 0.438 e. The van der Waals surface area contributed by atoms with Gasteiger partial charge in [-0.2, -0.15) is 23.3 Å². The first-order chi connectivity index (χ1) is 11.5. The van der Waals surface area contributed by atoms with Crippen molar-refractivity contribution in [2.75, 3.05) is 0 Å². The number of nitro groups is 1. The van der Waals surface area contributed by atoms with Gasteiger partial charge >= 0.3 is 6.18 Å². The van der Waals surface area contributed by atoms with Gasteiger partial charge in [-0.05, 0) is 26.0 Å². The van der Waals surface area contributed by atoms with Gasteiger partial charge in [-0.15, -0.1) is 0 Å². The lowest BCUT2D eigenvalue weighted by Crippen LogP contribution is -2.58. The van der Waals surface area contributed by atoms with Gasteiger partial charge in [0.2, 0.25) is 0 Å². The number of amides is 1. The Morgan fingerprint density at radius 2 is 2.00 bits per heavy atom. The molecule has 1 aliphatic heterocycles. The summed E-state index contributed by atoms with van der Waals surface area (Å²) in [4.78, 5) is 22.2. The summed E-state index contributed by atoms with van der Waals surface area (Å²) in [6.45, 7) is 2.44. The number of hydrogen-bond acceptors (Lipinski definition) is 6. The SMILES string of the molecule is CC1=NN(C(=O)[C@H](C)Oc2ccc([N+](=O)[O-])cc2)[C@@](O)(C(F)(F)F)C1. The van der Waals surface area contributed by atoms with Gasteiger partial charge in [-0.3, -0.25) is 14.9 Å². The maximum atomic E-state index is 13.1. The number of nitro benzene ring substituents is 1. The first kappa shape index (κ1) is 18.6. The fourth-order valence-corrected chi connectivity index (χ4v) is 2.25. The zero-order chi connectivity index (χ0) is 19.0. The normalized spacial score (nSPS) is 21.7. The average molecular weight is 361 g/mol. The van der Waals surface area contributed by atoms with Crippen molar-refractivity contribution < 1.29 is 32.7 Å². The number of halogens is 3. The average Bonchev–Trinajstić information content (AvgIpc) is 2.82. The van der Waals surface area contributed by atoms with Crippen LogP contribution < -0.4 is 4.74 Å². The smallest absolute Gasteiger partial charge is 0.438 e. The lowest BCUT2D eigenvalue weighted by atomic mass is 10.1. The minimum atomic E-state index is -5.10. The molecule has 0 aliphatic carbocycles. The fourth-order valence-electron chi connectivity index (χ4n) is 2.25. The van der Waals surface area contributed by atoms with E-state index in [0.717, 1.165) is 12.1 Å². The van der Waals surface area contributed by atoms with E-state index in [1.165, 1.54) is 26.0 Å². The first-order valence-electron chi connectivity index (χ1n) is 7.04. The van der Waals surface area contributed by atoms with Crippen molar-refractivity contribution in [1.82, 2.24) is 5.01 Å². The van der Waals surface area contributed by atoms with Crippen molar-refractivity contribution in [3.05, 3.63) is 34.4 Å². The van der Waals surface area contributed by atoms with E-state index in [4.69, 9.17) is 4.74 Å². The van der Waals surface area contributed by atoms with Crippen LogP contribution in [0.5, 0.6) is 5.75 Å². The number of hydrazone groups is 1. The Bertz CT molecular complexity index is 719. The van der Waals surface area contributed by atoms with Crippen LogP contribution in [0, 0.1) is 10.1 Å². The van der Waals surface area contributed by atoms with E-state index in [1.54, 1.807) is 0 Å². The van der Waals surface area contributed by atoms with Crippen molar-refractivity contribution >= 4 is 17.3 Å². The fraction of sp³-hybridized carbons (Fsp3) is 0.429. The Kier molecular flexibility index (Phi) is 4.71. The summed E-state index contributed by atoms with van der Waals surface area (Å²) in [6, 6.07) is 4.65. The highest BCUT2D eigenvalue weighted by atomic mass is 19.4. The predicted molar refractivity (Wildman–Crippen MR) is 78.8 cm³/mol. The second kappa shape index (κ2) is 6.31. The molecule has 1 aromatic carbocycles. The molecule has 25 heavy (non-hydrogen) atoms. The van der Waals surface area contributed by atoms with Gasteiger partial charge in [0.1, 0.15) is 5.75 Å². The highest BCUT2D eigenvalue weighted by Crippen LogP contribution is 2.40. The molecule has 0 bridgehead atoms. The number of non-ortho nitro benzene ring substituents is 1. The van der Waals surface area contributed by atoms with Gasteiger partial charge < -0.3 is 9.84 Å². The molecule has 0 spiro atoms. The number of aliphatic hydroxyl groups is 1. The summed E-state index contributed by atoms with van der Waals surface area (Å²) in [5.41, 5.74) is -3.70. The van der Waals surface area contributed by atoms with Crippen molar-refractivity contribution in [3.8, 4) is 5.75 Å². The van der Waals surface area contributed by atoms with E-state index in [9.17, 15) is 33.2 Å². The Labute approximate surface area is 139 Å². The lowest BCUT2D eigenvalue weighted by molar-refractivity contribution is -0.384. The quantitative estimate of drug-likeness (QED) is 0.654. The molecule has 8 nitrogen and oxygen atoms in total. The highest BCUT2D eigenvalue weighted by Gasteiger charge is 2.63. The van der Waals surface area contributed by atoms with Crippen LogP contribution in [0.3, 0.4) is 0 Å². The summed E-state index contributed by atoms with van der Waals surface area (Å²) in [6.07, 6.45) is -7.37. The Morgan fingerprint density at radius 1 is 1.44 bits per heavy atom. The van der Waals surface area contributed by atoms with Gasteiger partial charge in [0.15, 0.2) is 6.10 Å². The van der Waals surface area contributed by atoms with Crippen molar-refractivity contribution in [2.45, 2.75) is 38.3 Å². The molecule has 0 fully saturated rings. The Hall–Kier alpha value is -2.69. The number of carbonyl (C=O) groups excluding carboxylic acids is 1. The van der Waals surface area contributed by atoms with Crippen LogP contribution >= 0.6 is 0 Å². The van der Waals surface area contributed by atoms with E-state index in [0.29, 0.717) is 0 Å². The molecule has 1 heterocycles. The minimum Gasteiger partial charge on any atom is -0.481 e. The zero-order valence-electron chi connectivity index (χ0n) is 13.1. The minimum absolute atomic E-state index is 0.0294. The number of nitrogens with zero attached hydrogens (tertiary/aromatic N) is 3. The molecule has 0 unspecified atom stereocenters. The van der Waals surface area contributed by atoms with E-state index < -0.39 is 35.3 Å². The number of alkyl halides is 3. The molecule has 1 N–H and O–H groups in total. The van der Waals surface area contributed by atoms with Gasteiger partial charge in [0.25, 0.3) is 17.3 Å². The zero-order valence-corrected chi connectivity index (χ0v) is 13.1. The lowest BCUT2D eigenvalue weighted by Gasteiger charge is -2.33. The summed E-state index contributed by atoms with van der Waals surface area (Å²) < 4.78 is 44.6. The third kappa shape index (κ3) is 3.55. The number of ether oxygens (including phenoxy) is 1. The van der Waals surface area contributed by atoms with Gasteiger partial charge in [0.05, 0.1) is 4.92 Å². The van der Waals surface area contributed by atoms with Crippen LogP contribution in [0.1, 0.15) is 20.3 Å². The summed E-state index contributed by atoms with van der Waals surface area (Å²) in [5, 5.41) is 23.9. The third-order valence-electron chi connectivity index (χ3n) is 3.49. The highest BCUT2D eigenvalue weighted by molar-refractivity contribution is 5.90. The van der Waals surface area contributed by atoms with Crippen LogP contribution in [-0.2, 0) is 4.79 Å². The second-order valence-corrected chi connectivity index (χ2v) is 5.49. The van der Waals surface area contributed by atoms with E-state index in [1.807, 2.05) is 0 Å². The number of benzene rings is 1. The second-order valence-electron chi connectivity index (χ2n) is 5.49. The summed E-state index contributed by atoms with van der Waals surface area (Å²) >= 11 is 0. The molecule has 1 amide bonds. The molecule has 11 heteroatoms. The van der Waals surface area contributed by atoms with E-state index in [2.05, 4.69) is 5.10 Å². The topological polar surface area (TPSA) is 105 Å². The van der Waals surface area contributed by atoms with Crippen LogP contribution in [0.25, 0.3) is 0 Å². The van der Waals surface area contributed by atoms with Crippen LogP contribution in [-0.4, -0.2) is 44.7 Å². The molecule has 0 saturated carbocycles. The number of hydrogen-bond donors (Lipinski definition) is 1. The standard InChI is InChI=1S/C14H14F3N3O5/c1-8-7-13(22,14(15,16)17)19(18-8)12(21)9(2)25-11-5-3-10(4-6-11)20(23)24/h3-6,9,22H,7H2,1-2H3/t9-,13-/m0/s1. The predicted octanol–water partition coefficient (Wildman–Crippen LogP) is 2.22. The largest absolute Gasteiger partial charge is 0.481 e. The number of rotatable bonds is 4. The van der Waals surface area contributed by atoms with Crippen LogP contribution in [0.2, 0.25) is 0 Å². The molecule has 1 aromatic rings. The van der Waals surface area contributed by atoms with Gasteiger partial charge in [-0.25, -0.2) is 0 Å². The molecule has 0 radical (unpaired) electrons. The molecule has 2 atom stereocenters. The molecular formula is C14H14F3N3O5. The third-order valence-corrected chi connectivity index (χ3v) is 3.49. The molecule has 2 rings (SSSR count). The van der Waals surface area contributed by atoms with Crippen molar-refractivity contribution in [1.29, 1.82) is 0 Å².